The summed E-state index contributed by atoms with van der Waals surface area (Å²) in [4.78, 5) is 12.6. The lowest BCUT2D eigenvalue weighted by molar-refractivity contribution is -0.114. The highest BCUT2D eigenvalue weighted by Crippen LogP contribution is 2.32. The second kappa shape index (κ2) is 6.43. The molecule has 23 heavy (non-hydrogen) atoms. The Labute approximate surface area is 137 Å². The molecule has 0 saturated heterocycles. The lowest BCUT2D eigenvalue weighted by Gasteiger charge is -2.18. The third-order valence-corrected chi connectivity index (χ3v) is 5.18. The van der Waals surface area contributed by atoms with Crippen molar-refractivity contribution in [2.24, 2.45) is 0 Å². The second-order valence-electron chi connectivity index (χ2n) is 4.62. The largest absolute Gasteiger partial charge is 0.486 e. The SMILES string of the molecule is O=C(/C=C/c1cccs1)NS(=O)(=O)c1ccc2c(c1)OCCO2. The van der Waals surface area contributed by atoms with E-state index in [1.807, 2.05) is 22.2 Å². The Hall–Kier alpha value is -2.32. The highest BCUT2D eigenvalue weighted by atomic mass is 32.2. The zero-order valence-corrected chi connectivity index (χ0v) is 13.5. The molecule has 8 heteroatoms. The number of ether oxygens (including phenoxy) is 2. The first-order chi connectivity index (χ1) is 11.0. The Morgan fingerprint density at radius 2 is 1.96 bits per heavy atom. The van der Waals surface area contributed by atoms with Crippen LogP contribution in [0.2, 0.25) is 0 Å². The molecule has 0 bridgehead atoms. The van der Waals surface area contributed by atoms with Crippen molar-refractivity contribution in [2.75, 3.05) is 13.2 Å². The minimum absolute atomic E-state index is 0.0559. The van der Waals surface area contributed by atoms with Crippen LogP contribution < -0.4 is 14.2 Å². The number of fused-ring (bicyclic) bond motifs is 1. The summed E-state index contributed by atoms with van der Waals surface area (Å²) in [5.41, 5.74) is 0. The Kier molecular flexibility index (Phi) is 4.35. The molecule has 1 N–H and O–H groups in total. The maximum absolute atomic E-state index is 12.2. The van der Waals surface area contributed by atoms with E-state index in [0.29, 0.717) is 24.7 Å². The van der Waals surface area contributed by atoms with Gasteiger partial charge in [-0.25, -0.2) is 13.1 Å². The summed E-state index contributed by atoms with van der Waals surface area (Å²) in [6, 6.07) is 7.88. The highest BCUT2D eigenvalue weighted by Gasteiger charge is 2.20. The zero-order chi connectivity index (χ0) is 16.3. The predicted molar refractivity (Wildman–Crippen MR) is 86.1 cm³/mol. The zero-order valence-electron chi connectivity index (χ0n) is 11.9. The van der Waals surface area contributed by atoms with Crippen LogP contribution in [0.4, 0.5) is 0 Å². The van der Waals surface area contributed by atoms with Gasteiger partial charge >= 0.3 is 0 Å². The van der Waals surface area contributed by atoms with Crippen molar-refractivity contribution in [3.8, 4) is 11.5 Å². The molecule has 3 rings (SSSR count). The molecule has 120 valence electrons. The summed E-state index contributed by atoms with van der Waals surface area (Å²) >= 11 is 1.45. The van der Waals surface area contributed by atoms with Crippen molar-refractivity contribution in [3.05, 3.63) is 46.7 Å². The number of hydrogen-bond acceptors (Lipinski definition) is 6. The summed E-state index contributed by atoms with van der Waals surface area (Å²) in [5, 5.41) is 1.86. The molecular formula is C15H13NO5S2. The van der Waals surface area contributed by atoms with Gasteiger partial charge in [-0.1, -0.05) is 6.07 Å². The number of hydrogen-bond donors (Lipinski definition) is 1. The van der Waals surface area contributed by atoms with Crippen molar-refractivity contribution < 1.29 is 22.7 Å². The monoisotopic (exact) mass is 351 g/mol. The Morgan fingerprint density at radius 3 is 2.70 bits per heavy atom. The van der Waals surface area contributed by atoms with Crippen LogP contribution in [0.3, 0.4) is 0 Å². The number of thiophene rings is 1. The van der Waals surface area contributed by atoms with Crippen LogP contribution in [0.1, 0.15) is 4.88 Å². The number of rotatable bonds is 4. The van der Waals surface area contributed by atoms with Crippen molar-refractivity contribution in [1.82, 2.24) is 4.72 Å². The van der Waals surface area contributed by atoms with Crippen LogP contribution in [0.15, 0.2) is 46.7 Å². The first-order valence-electron chi connectivity index (χ1n) is 6.73. The number of benzene rings is 1. The average molecular weight is 351 g/mol. The van der Waals surface area contributed by atoms with Crippen LogP contribution in [0.25, 0.3) is 6.08 Å². The molecule has 0 fully saturated rings. The third-order valence-electron chi connectivity index (χ3n) is 3.00. The third kappa shape index (κ3) is 3.72. The highest BCUT2D eigenvalue weighted by molar-refractivity contribution is 7.90. The van der Waals surface area contributed by atoms with Crippen LogP contribution in [0, 0.1) is 0 Å². The molecule has 1 amide bonds. The number of carbonyl (C=O) groups is 1. The second-order valence-corrected chi connectivity index (χ2v) is 7.29. The molecule has 2 aromatic rings. The van der Waals surface area contributed by atoms with E-state index in [4.69, 9.17) is 9.47 Å². The molecule has 2 heterocycles. The van der Waals surface area contributed by atoms with Gasteiger partial charge in [0.05, 0.1) is 4.90 Å². The van der Waals surface area contributed by atoms with E-state index >= 15 is 0 Å². The van der Waals surface area contributed by atoms with Crippen LogP contribution in [-0.2, 0) is 14.8 Å². The molecule has 0 unspecified atom stereocenters. The number of sulfonamides is 1. The number of amides is 1. The Balaban J connectivity index is 1.75. The normalized spacial score (nSPS) is 13.9. The van der Waals surface area contributed by atoms with Crippen LogP contribution in [0.5, 0.6) is 11.5 Å². The summed E-state index contributed by atoms with van der Waals surface area (Å²) in [6.07, 6.45) is 2.74. The summed E-state index contributed by atoms with van der Waals surface area (Å²) in [6.45, 7) is 0.774. The molecular weight excluding hydrogens is 338 g/mol. The number of carbonyl (C=O) groups excluding carboxylic acids is 1. The van der Waals surface area contributed by atoms with Gasteiger partial charge in [0.2, 0.25) is 0 Å². The molecule has 1 aliphatic heterocycles. The van der Waals surface area contributed by atoms with Gasteiger partial charge in [0.25, 0.3) is 15.9 Å². The van der Waals surface area contributed by atoms with E-state index in [1.165, 1.54) is 35.6 Å². The van der Waals surface area contributed by atoms with Gasteiger partial charge in [-0.05, 0) is 29.7 Å². The van der Waals surface area contributed by atoms with Gasteiger partial charge in [0.15, 0.2) is 11.5 Å². The Bertz CT molecular complexity index is 841. The molecule has 0 spiro atoms. The van der Waals surface area contributed by atoms with E-state index in [0.717, 1.165) is 4.88 Å². The van der Waals surface area contributed by atoms with Crippen LogP contribution in [-0.4, -0.2) is 27.5 Å². The van der Waals surface area contributed by atoms with Gasteiger partial charge in [-0.3, -0.25) is 4.79 Å². The fourth-order valence-corrected chi connectivity index (χ4v) is 3.54. The topological polar surface area (TPSA) is 81.7 Å². The summed E-state index contributed by atoms with van der Waals surface area (Å²) in [5.74, 6) is 0.119. The minimum atomic E-state index is -3.97. The fraction of sp³-hybridized carbons (Fsp3) is 0.133. The van der Waals surface area contributed by atoms with Gasteiger partial charge in [-0.15, -0.1) is 11.3 Å². The molecule has 1 aromatic heterocycles. The molecule has 6 nitrogen and oxygen atoms in total. The molecule has 0 radical (unpaired) electrons. The van der Waals surface area contributed by atoms with Gasteiger partial charge in [-0.2, -0.15) is 0 Å². The predicted octanol–water partition coefficient (Wildman–Crippen LogP) is 2.04. The standard InChI is InChI=1S/C15H13NO5S2/c17-15(6-3-11-2-1-9-22-11)16-23(18,19)12-4-5-13-14(10-12)21-8-7-20-13/h1-6,9-10H,7-8H2,(H,16,17)/b6-3+. The quantitative estimate of drug-likeness (QED) is 0.853. The van der Waals surface area contributed by atoms with E-state index in [-0.39, 0.29) is 4.90 Å². The summed E-state index contributed by atoms with van der Waals surface area (Å²) < 4.78 is 37.1. The molecule has 0 saturated carbocycles. The van der Waals surface area contributed by atoms with E-state index < -0.39 is 15.9 Å². The van der Waals surface area contributed by atoms with Gasteiger partial charge in [0.1, 0.15) is 13.2 Å². The molecule has 0 atom stereocenters. The van der Waals surface area contributed by atoms with E-state index in [9.17, 15) is 13.2 Å². The van der Waals surface area contributed by atoms with Gasteiger partial charge < -0.3 is 9.47 Å². The minimum Gasteiger partial charge on any atom is -0.486 e. The lowest BCUT2D eigenvalue weighted by atomic mass is 10.3. The average Bonchev–Trinajstić information content (AvgIpc) is 3.05. The summed E-state index contributed by atoms with van der Waals surface area (Å²) in [7, 11) is -3.97. The first kappa shape index (κ1) is 15.6. The maximum Gasteiger partial charge on any atom is 0.264 e. The van der Waals surface area contributed by atoms with Crippen LogP contribution >= 0.6 is 11.3 Å². The van der Waals surface area contributed by atoms with Crippen molar-refractivity contribution in [2.45, 2.75) is 4.90 Å². The lowest BCUT2D eigenvalue weighted by Crippen LogP contribution is -2.29. The van der Waals surface area contributed by atoms with Crippen molar-refractivity contribution in [1.29, 1.82) is 0 Å². The van der Waals surface area contributed by atoms with Crippen molar-refractivity contribution in [3.63, 3.8) is 0 Å². The number of nitrogens with one attached hydrogen (secondary N) is 1. The van der Waals surface area contributed by atoms with E-state index in [1.54, 1.807) is 6.08 Å². The molecule has 1 aromatic carbocycles. The van der Waals surface area contributed by atoms with E-state index in [2.05, 4.69) is 0 Å². The Morgan fingerprint density at radius 1 is 1.17 bits per heavy atom. The maximum atomic E-state index is 12.2. The first-order valence-corrected chi connectivity index (χ1v) is 9.09. The smallest absolute Gasteiger partial charge is 0.264 e. The fourth-order valence-electron chi connectivity index (χ4n) is 1.96. The van der Waals surface area contributed by atoms with Crippen molar-refractivity contribution >= 4 is 33.3 Å². The molecule has 0 aliphatic carbocycles. The van der Waals surface area contributed by atoms with Gasteiger partial charge in [0, 0.05) is 17.0 Å². The molecule has 1 aliphatic rings.